The van der Waals surface area contributed by atoms with Gasteiger partial charge in [-0.2, -0.15) is 0 Å². The van der Waals surface area contributed by atoms with E-state index in [1.807, 2.05) is 6.07 Å². The predicted molar refractivity (Wildman–Crippen MR) is 71.9 cm³/mol. The molecule has 5 nitrogen and oxygen atoms in total. The molecule has 0 bridgehead atoms. The number of nitrogens with zero attached hydrogens (tertiary/aromatic N) is 4. The first-order chi connectivity index (χ1) is 8.63. The summed E-state index contributed by atoms with van der Waals surface area (Å²) in [5.41, 5.74) is 16.6. The van der Waals surface area contributed by atoms with Gasteiger partial charge in [0, 0.05) is 17.2 Å². The third kappa shape index (κ3) is 2.41. The quantitative estimate of drug-likeness (QED) is 0.491. The smallest absolute Gasteiger partial charge is 0.0535 e. The van der Waals surface area contributed by atoms with Crippen molar-refractivity contribution in [3.63, 3.8) is 0 Å². The van der Waals surface area contributed by atoms with E-state index >= 15 is 0 Å². The van der Waals surface area contributed by atoms with Crippen molar-refractivity contribution in [2.24, 2.45) is 17.0 Å². The lowest BCUT2D eigenvalue weighted by molar-refractivity contribution is 0.225. The number of hydrogen-bond acceptors (Lipinski definition) is 3. The van der Waals surface area contributed by atoms with Gasteiger partial charge in [0.1, 0.15) is 0 Å². The van der Waals surface area contributed by atoms with Gasteiger partial charge in [-0.15, -0.1) is 0 Å². The largest absolute Gasteiger partial charge is 0.397 e. The zero-order valence-corrected chi connectivity index (χ0v) is 10.8. The van der Waals surface area contributed by atoms with Gasteiger partial charge in [-0.3, -0.25) is 4.98 Å². The van der Waals surface area contributed by atoms with Crippen LogP contribution in [0.15, 0.2) is 23.6 Å². The van der Waals surface area contributed by atoms with Gasteiger partial charge in [-0.1, -0.05) is 19.0 Å². The van der Waals surface area contributed by atoms with Crippen molar-refractivity contribution in [1.82, 2.24) is 4.98 Å². The molecule has 2 N–H and O–H groups in total. The zero-order chi connectivity index (χ0) is 13.1. The average Bonchev–Trinajstić information content (AvgIpc) is 2.34. The highest BCUT2D eigenvalue weighted by Gasteiger charge is 2.33. The molecule has 18 heavy (non-hydrogen) atoms. The van der Waals surface area contributed by atoms with Gasteiger partial charge in [-0.25, -0.2) is 0 Å². The molecule has 0 aromatic carbocycles. The first-order valence-electron chi connectivity index (χ1n) is 6.37. The number of pyridine rings is 1. The maximum Gasteiger partial charge on any atom is 0.0535 e. The van der Waals surface area contributed by atoms with E-state index in [9.17, 15) is 0 Å². The molecule has 0 aliphatic heterocycles. The number of anilines is 1. The molecule has 5 heteroatoms. The SMILES string of the molecule is C[C@@H]1C[C@H](c2ccncc2N)C[C@H](C)[C@H]1N=[N+]=[N-]. The Hall–Kier alpha value is -1.74. The summed E-state index contributed by atoms with van der Waals surface area (Å²) >= 11 is 0. The molecule has 0 amide bonds. The van der Waals surface area contributed by atoms with Crippen LogP contribution in [0.3, 0.4) is 0 Å². The summed E-state index contributed by atoms with van der Waals surface area (Å²) in [6, 6.07) is 2.11. The van der Waals surface area contributed by atoms with Crippen LogP contribution >= 0.6 is 0 Å². The maximum absolute atomic E-state index is 8.61. The van der Waals surface area contributed by atoms with Gasteiger partial charge in [0.15, 0.2) is 0 Å². The molecule has 1 aliphatic rings. The first-order valence-corrected chi connectivity index (χ1v) is 6.37. The molecule has 0 saturated heterocycles. The Bertz CT molecular complexity index is 454. The fourth-order valence-electron chi connectivity index (χ4n) is 3.16. The van der Waals surface area contributed by atoms with Gasteiger partial charge >= 0.3 is 0 Å². The second kappa shape index (κ2) is 5.27. The minimum atomic E-state index is 0.106. The number of nitrogen functional groups attached to an aromatic ring is 1. The molecular formula is C13H19N5. The van der Waals surface area contributed by atoms with Crippen molar-refractivity contribution in [2.75, 3.05) is 5.73 Å². The van der Waals surface area contributed by atoms with Crippen LogP contribution in [0.1, 0.15) is 38.2 Å². The molecule has 1 saturated carbocycles. The Morgan fingerprint density at radius 3 is 2.61 bits per heavy atom. The lowest BCUT2D eigenvalue weighted by Crippen LogP contribution is -2.32. The van der Waals surface area contributed by atoms with Crippen molar-refractivity contribution in [1.29, 1.82) is 0 Å². The molecule has 1 aliphatic carbocycles. The summed E-state index contributed by atoms with van der Waals surface area (Å²) in [4.78, 5) is 7.00. The Balaban J connectivity index is 2.20. The van der Waals surface area contributed by atoms with Crippen LogP contribution < -0.4 is 5.73 Å². The third-order valence-electron chi connectivity index (χ3n) is 3.99. The normalized spacial score (nSPS) is 31.7. The lowest BCUT2D eigenvalue weighted by Gasteiger charge is -2.37. The predicted octanol–water partition coefficient (Wildman–Crippen LogP) is 3.49. The molecule has 2 rings (SSSR count). The maximum atomic E-state index is 8.61. The molecule has 1 heterocycles. The number of nitrogens with two attached hydrogens (primary N) is 1. The molecule has 96 valence electrons. The summed E-state index contributed by atoms with van der Waals surface area (Å²) in [5, 5.41) is 3.93. The van der Waals surface area contributed by atoms with Gasteiger partial charge in [-0.05, 0) is 47.8 Å². The van der Waals surface area contributed by atoms with E-state index in [-0.39, 0.29) is 6.04 Å². The monoisotopic (exact) mass is 245 g/mol. The Kier molecular flexibility index (Phi) is 3.72. The van der Waals surface area contributed by atoms with Crippen molar-refractivity contribution in [3.05, 3.63) is 34.5 Å². The molecular weight excluding hydrogens is 226 g/mol. The average molecular weight is 245 g/mol. The minimum Gasteiger partial charge on any atom is -0.397 e. The molecule has 1 aromatic heterocycles. The standard InChI is InChI=1S/C13H19N5/c1-8-5-10(6-9(2)13(8)17-18-15)11-3-4-16-7-12(11)14/h3-4,7-10,13H,5-6,14H2,1-2H3/t8-,9+,10+,13+. The summed E-state index contributed by atoms with van der Waals surface area (Å²) in [5.74, 6) is 1.23. The fraction of sp³-hybridized carbons (Fsp3) is 0.615. The van der Waals surface area contributed by atoms with Crippen LogP contribution in [0.5, 0.6) is 0 Å². The van der Waals surface area contributed by atoms with Crippen molar-refractivity contribution < 1.29 is 0 Å². The van der Waals surface area contributed by atoms with Crippen LogP contribution in [0.25, 0.3) is 10.4 Å². The summed E-state index contributed by atoms with van der Waals surface area (Å²) in [7, 11) is 0. The molecule has 0 radical (unpaired) electrons. The second-order valence-electron chi connectivity index (χ2n) is 5.32. The van der Waals surface area contributed by atoms with Crippen LogP contribution in [-0.4, -0.2) is 11.0 Å². The van der Waals surface area contributed by atoms with E-state index in [0.717, 1.165) is 18.5 Å². The van der Waals surface area contributed by atoms with Crippen LogP contribution in [0.2, 0.25) is 0 Å². The minimum absolute atomic E-state index is 0.106. The van der Waals surface area contributed by atoms with Gasteiger partial charge < -0.3 is 5.73 Å². The first kappa shape index (κ1) is 12.7. The molecule has 4 atom stereocenters. The molecule has 1 aromatic rings. The number of azide groups is 1. The number of rotatable bonds is 2. The van der Waals surface area contributed by atoms with Crippen LogP contribution in [-0.2, 0) is 0 Å². The van der Waals surface area contributed by atoms with Gasteiger partial charge in [0.25, 0.3) is 0 Å². The summed E-state index contributed by atoms with van der Waals surface area (Å²) in [6.45, 7) is 4.30. The van der Waals surface area contributed by atoms with E-state index in [1.54, 1.807) is 12.4 Å². The van der Waals surface area contributed by atoms with Crippen molar-refractivity contribution in [2.45, 2.75) is 38.6 Å². The Labute approximate surface area is 107 Å². The van der Waals surface area contributed by atoms with Crippen molar-refractivity contribution >= 4 is 5.69 Å². The second-order valence-corrected chi connectivity index (χ2v) is 5.32. The molecule has 0 spiro atoms. The topological polar surface area (TPSA) is 87.7 Å². The summed E-state index contributed by atoms with van der Waals surface area (Å²) in [6.07, 6.45) is 5.54. The van der Waals surface area contributed by atoms with E-state index in [2.05, 4.69) is 28.9 Å². The van der Waals surface area contributed by atoms with E-state index in [1.165, 1.54) is 5.56 Å². The fourth-order valence-corrected chi connectivity index (χ4v) is 3.16. The highest BCUT2D eigenvalue weighted by atomic mass is 15.2. The van der Waals surface area contributed by atoms with E-state index in [0.29, 0.717) is 17.8 Å². The highest BCUT2D eigenvalue weighted by molar-refractivity contribution is 5.46. The van der Waals surface area contributed by atoms with E-state index < -0.39 is 0 Å². The lowest BCUT2D eigenvalue weighted by atomic mass is 9.71. The zero-order valence-electron chi connectivity index (χ0n) is 10.8. The Morgan fingerprint density at radius 1 is 1.39 bits per heavy atom. The highest BCUT2D eigenvalue weighted by Crippen LogP contribution is 2.42. The third-order valence-corrected chi connectivity index (χ3v) is 3.99. The molecule has 1 fully saturated rings. The number of hydrogen-bond donors (Lipinski definition) is 1. The van der Waals surface area contributed by atoms with E-state index in [4.69, 9.17) is 11.3 Å². The van der Waals surface area contributed by atoms with Crippen molar-refractivity contribution in [3.8, 4) is 0 Å². The van der Waals surface area contributed by atoms with Gasteiger partial charge in [0.2, 0.25) is 0 Å². The van der Waals surface area contributed by atoms with Gasteiger partial charge in [0.05, 0.1) is 11.9 Å². The van der Waals surface area contributed by atoms with Crippen LogP contribution in [0, 0.1) is 11.8 Å². The van der Waals surface area contributed by atoms with Crippen LogP contribution in [0.4, 0.5) is 5.69 Å². The Morgan fingerprint density at radius 2 is 2.06 bits per heavy atom. The number of aromatic nitrogens is 1. The summed E-state index contributed by atoms with van der Waals surface area (Å²) < 4.78 is 0. The molecule has 0 unspecified atom stereocenters.